The van der Waals surface area contributed by atoms with Gasteiger partial charge in [-0.3, -0.25) is 4.79 Å². The van der Waals surface area contributed by atoms with E-state index < -0.39 is 6.04 Å². The van der Waals surface area contributed by atoms with Crippen molar-refractivity contribution in [2.75, 3.05) is 0 Å². The number of hydrogen-bond donors (Lipinski definition) is 1. The topological polar surface area (TPSA) is 43.1 Å². The van der Waals surface area contributed by atoms with E-state index in [9.17, 15) is 4.79 Å². The first-order valence-corrected chi connectivity index (χ1v) is 5.23. The van der Waals surface area contributed by atoms with Crippen molar-refractivity contribution in [2.45, 2.75) is 39.2 Å². The highest BCUT2D eigenvalue weighted by Gasteiger charge is 2.22. The summed E-state index contributed by atoms with van der Waals surface area (Å²) in [4.78, 5) is 11.9. The molecule has 1 unspecified atom stereocenters. The summed E-state index contributed by atoms with van der Waals surface area (Å²) in [6.07, 6.45) is 0. The van der Waals surface area contributed by atoms with Gasteiger partial charge >= 0.3 is 0 Å². The van der Waals surface area contributed by atoms with E-state index in [-0.39, 0.29) is 11.2 Å². The van der Waals surface area contributed by atoms with Crippen LogP contribution in [0.25, 0.3) is 0 Å². The van der Waals surface area contributed by atoms with E-state index in [4.69, 9.17) is 5.73 Å². The molecule has 15 heavy (non-hydrogen) atoms. The van der Waals surface area contributed by atoms with E-state index in [1.54, 1.807) is 6.92 Å². The second-order valence-electron chi connectivity index (χ2n) is 4.95. The zero-order valence-corrected chi connectivity index (χ0v) is 9.87. The molecule has 0 bridgehead atoms. The highest BCUT2D eigenvalue weighted by molar-refractivity contribution is 6.01. The molecule has 0 saturated carbocycles. The minimum Gasteiger partial charge on any atom is -0.321 e. The molecule has 0 aromatic heterocycles. The quantitative estimate of drug-likeness (QED) is 0.754. The van der Waals surface area contributed by atoms with E-state index in [2.05, 4.69) is 20.8 Å². The molecule has 0 aliphatic heterocycles. The molecule has 0 aliphatic carbocycles. The van der Waals surface area contributed by atoms with Crippen LogP contribution >= 0.6 is 0 Å². The molecule has 2 N–H and O–H groups in total. The van der Waals surface area contributed by atoms with E-state index in [1.807, 2.05) is 24.3 Å². The molecular formula is C13H19NO. The van der Waals surface area contributed by atoms with Gasteiger partial charge in [-0.15, -0.1) is 0 Å². The Hall–Kier alpha value is -1.15. The van der Waals surface area contributed by atoms with Crippen molar-refractivity contribution in [3.05, 3.63) is 35.4 Å². The molecule has 0 spiro atoms. The smallest absolute Gasteiger partial charge is 0.179 e. The molecule has 0 amide bonds. The van der Waals surface area contributed by atoms with Crippen LogP contribution in [0.15, 0.2) is 24.3 Å². The number of hydrogen-bond acceptors (Lipinski definition) is 2. The highest BCUT2D eigenvalue weighted by Crippen LogP contribution is 2.26. The zero-order chi connectivity index (χ0) is 11.6. The number of nitrogens with two attached hydrogens (primary N) is 1. The monoisotopic (exact) mass is 205 g/mol. The maximum atomic E-state index is 11.9. The summed E-state index contributed by atoms with van der Waals surface area (Å²) in [5, 5.41) is 0. The maximum Gasteiger partial charge on any atom is 0.179 e. The summed E-state index contributed by atoms with van der Waals surface area (Å²) in [6, 6.07) is 7.25. The zero-order valence-electron chi connectivity index (χ0n) is 9.87. The highest BCUT2D eigenvalue weighted by atomic mass is 16.1. The minimum atomic E-state index is -0.437. The van der Waals surface area contributed by atoms with Gasteiger partial charge in [-0.05, 0) is 17.9 Å². The molecule has 0 saturated heterocycles. The van der Waals surface area contributed by atoms with Crippen LogP contribution in [0.3, 0.4) is 0 Å². The molecule has 1 aromatic rings. The van der Waals surface area contributed by atoms with Crippen LogP contribution in [0.1, 0.15) is 43.6 Å². The lowest BCUT2D eigenvalue weighted by Crippen LogP contribution is -2.29. The number of carbonyl (C=O) groups is 1. The first kappa shape index (κ1) is 11.9. The first-order valence-electron chi connectivity index (χ1n) is 5.23. The molecule has 82 valence electrons. The van der Waals surface area contributed by atoms with Crippen LogP contribution in [0.5, 0.6) is 0 Å². The first-order chi connectivity index (χ1) is 6.84. The number of ketones is 1. The van der Waals surface area contributed by atoms with E-state index in [0.29, 0.717) is 0 Å². The lowest BCUT2D eigenvalue weighted by Gasteiger charge is -2.22. The molecule has 1 aromatic carbocycles. The third-order valence-electron chi connectivity index (χ3n) is 2.41. The Bertz CT molecular complexity index is 361. The summed E-state index contributed by atoms with van der Waals surface area (Å²) in [5.41, 5.74) is 7.42. The van der Waals surface area contributed by atoms with Crippen LogP contribution in [0.4, 0.5) is 0 Å². The van der Waals surface area contributed by atoms with Crippen molar-refractivity contribution in [2.24, 2.45) is 5.73 Å². The predicted octanol–water partition coefficient (Wildman–Crippen LogP) is 2.51. The Labute approximate surface area is 91.5 Å². The fourth-order valence-electron chi connectivity index (χ4n) is 1.60. The second-order valence-corrected chi connectivity index (χ2v) is 4.95. The molecule has 1 rings (SSSR count). The van der Waals surface area contributed by atoms with Crippen molar-refractivity contribution in [1.82, 2.24) is 0 Å². The van der Waals surface area contributed by atoms with Crippen LogP contribution in [-0.2, 0) is 5.41 Å². The largest absolute Gasteiger partial charge is 0.321 e. The molecule has 0 aliphatic rings. The predicted molar refractivity (Wildman–Crippen MR) is 63.1 cm³/mol. The summed E-state index contributed by atoms with van der Waals surface area (Å²) >= 11 is 0. The molecule has 0 fully saturated rings. The summed E-state index contributed by atoms with van der Waals surface area (Å²) < 4.78 is 0. The number of rotatable bonds is 2. The van der Waals surface area contributed by atoms with Gasteiger partial charge in [0, 0.05) is 5.56 Å². The third kappa shape index (κ3) is 2.66. The Morgan fingerprint density at radius 3 is 2.27 bits per heavy atom. The summed E-state index contributed by atoms with van der Waals surface area (Å²) in [6.45, 7) is 8.02. The van der Waals surface area contributed by atoms with Crippen LogP contribution in [0.2, 0.25) is 0 Å². The standard InChI is InChI=1S/C13H19NO/c1-9(14)12(15)10-7-5-6-8-11(10)13(2,3)4/h5-9H,14H2,1-4H3. The van der Waals surface area contributed by atoms with Gasteiger partial charge in [-0.25, -0.2) is 0 Å². The summed E-state index contributed by atoms with van der Waals surface area (Å²) in [5.74, 6) is 0.0144. The van der Waals surface area contributed by atoms with Gasteiger partial charge in [0.05, 0.1) is 6.04 Å². The number of benzene rings is 1. The molecule has 0 radical (unpaired) electrons. The number of carbonyl (C=O) groups excluding carboxylic acids is 1. The van der Waals surface area contributed by atoms with Gasteiger partial charge in [-0.2, -0.15) is 0 Å². The van der Waals surface area contributed by atoms with Gasteiger partial charge in [0.25, 0.3) is 0 Å². The van der Waals surface area contributed by atoms with E-state index >= 15 is 0 Å². The fourth-order valence-corrected chi connectivity index (χ4v) is 1.60. The van der Waals surface area contributed by atoms with Gasteiger partial charge in [0.2, 0.25) is 0 Å². The van der Waals surface area contributed by atoms with Crippen LogP contribution in [-0.4, -0.2) is 11.8 Å². The van der Waals surface area contributed by atoms with E-state index in [0.717, 1.165) is 11.1 Å². The average molecular weight is 205 g/mol. The Balaban J connectivity index is 3.25. The molecule has 2 heteroatoms. The SMILES string of the molecule is CC(N)C(=O)c1ccccc1C(C)(C)C. The van der Waals surface area contributed by atoms with Crippen molar-refractivity contribution in [1.29, 1.82) is 0 Å². The average Bonchev–Trinajstić information content (AvgIpc) is 2.15. The maximum absolute atomic E-state index is 11.9. The lowest BCUT2D eigenvalue weighted by molar-refractivity contribution is 0.0966. The third-order valence-corrected chi connectivity index (χ3v) is 2.41. The van der Waals surface area contributed by atoms with Crippen molar-refractivity contribution >= 4 is 5.78 Å². The van der Waals surface area contributed by atoms with Gasteiger partial charge in [0.15, 0.2) is 5.78 Å². The Morgan fingerprint density at radius 1 is 1.27 bits per heavy atom. The van der Waals surface area contributed by atoms with Crippen molar-refractivity contribution < 1.29 is 4.79 Å². The minimum absolute atomic E-state index is 0.0144. The summed E-state index contributed by atoms with van der Waals surface area (Å²) in [7, 11) is 0. The number of Topliss-reactive ketones (excluding diaryl/α,β-unsaturated/α-hetero) is 1. The van der Waals surface area contributed by atoms with Crippen molar-refractivity contribution in [3.8, 4) is 0 Å². The Kier molecular flexibility index (Phi) is 3.30. The molecule has 2 nitrogen and oxygen atoms in total. The van der Waals surface area contributed by atoms with Crippen LogP contribution < -0.4 is 5.73 Å². The Morgan fingerprint density at radius 2 is 1.80 bits per heavy atom. The second kappa shape index (κ2) is 4.15. The molecule has 1 atom stereocenters. The van der Waals surface area contributed by atoms with Gasteiger partial charge in [0.1, 0.15) is 0 Å². The van der Waals surface area contributed by atoms with Crippen LogP contribution in [0, 0.1) is 0 Å². The van der Waals surface area contributed by atoms with Crippen molar-refractivity contribution in [3.63, 3.8) is 0 Å². The fraction of sp³-hybridized carbons (Fsp3) is 0.462. The molecule has 0 heterocycles. The lowest BCUT2D eigenvalue weighted by atomic mass is 9.82. The van der Waals surface area contributed by atoms with Gasteiger partial charge in [-0.1, -0.05) is 45.0 Å². The van der Waals surface area contributed by atoms with E-state index in [1.165, 1.54) is 0 Å². The normalized spacial score (nSPS) is 13.7. The molecular weight excluding hydrogens is 186 g/mol. The van der Waals surface area contributed by atoms with Gasteiger partial charge < -0.3 is 5.73 Å².